The number of rotatable bonds is 4. The number of carbonyl (C=O) groups is 3. The number of amides is 1. The number of anilines is 1. The van der Waals surface area contributed by atoms with E-state index in [-0.39, 0.29) is 5.56 Å². The standard InChI is InChI=1S/C21H15FN2O3S/c1-12-2-4-13(5-3-12)17-16(18(25)14-6-8-15(22)9-7-14)19(26)20(27)24(17)21-23-10-11-28-21/h2-11,16-17H,1H3. The maximum Gasteiger partial charge on any atom is 0.297 e. The van der Waals surface area contributed by atoms with Crippen molar-refractivity contribution in [2.45, 2.75) is 13.0 Å². The zero-order chi connectivity index (χ0) is 19.8. The molecule has 1 aromatic heterocycles. The SMILES string of the molecule is Cc1ccc(C2C(C(=O)c3ccc(F)cc3)C(=O)C(=O)N2c2nccs2)cc1. The van der Waals surface area contributed by atoms with Crippen molar-refractivity contribution in [3.63, 3.8) is 0 Å². The van der Waals surface area contributed by atoms with Gasteiger partial charge in [0.1, 0.15) is 11.7 Å². The van der Waals surface area contributed by atoms with Crippen molar-refractivity contribution < 1.29 is 18.8 Å². The summed E-state index contributed by atoms with van der Waals surface area (Å²) >= 11 is 1.22. The van der Waals surface area contributed by atoms with Gasteiger partial charge in [-0.15, -0.1) is 11.3 Å². The minimum absolute atomic E-state index is 0.186. The third kappa shape index (κ3) is 3.03. The van der Waals surface area contributed by atoms with Gasteiger partial charge in [-0.1, -0.05) is 29.8 Å². The predicted molar refractivity (Wildman–Crippen MR) is 103 cm³/mol. The first-order valence-electron chi connectivity index (χ1n) is 8.60. The first kappa shape index (κ1) is 18.2. The van der Waals surface area contributed by atoms with E-state index in [0.29, 0.717) is 10.7 Å². The van der Waals surface area contributed by atoms with Gasteiger partial charge in [-0.25, -0.2) is 9.37 Å². The highest BCUT2D eigenvalue weighted by atomic mass is 32.1. The van der Waals surface area contributed by atoms with Crippen molar-refractivity contribution in [2.75, 3.05) is 4.90 Å². The molecule has 0 bridgehead atoms. The average molecular weight is 394 g/mol. The van der Waals surface area contributed by atoms with Crippen molar-refractivity contribution in [3.8, 4) is 0 Å². The van der Waals surface area contributed by atoms with Gasteiger partial charge in [-0.05, 0) is 36.8 Å². The summed E-state index contributed by atoms with van der Waals surface area (Å²) in [4.78, 5) is 44.2. The van der Waals surface area contributed by atoms with Gasteiger partial charge in [-0.3, -0.25) is 19.3 Å². The summed E-state index contributed by atoms with van der Waals surface area (Å²) in [6.45, 7) is 1.93. The second-order valence-electron chi connectivity index (χ2n) is 6.56. The van der Waals surface area contributed by atoms with Crippen LogP contribution in [0.4, 0.5) is 9.52 Å². The van der Waals surface area contributed by atoms with Crippen LogP contribution < -0.4 is 4.90 Å². The van der Waals surface area contributed by atoms with Crippen LogP contribution in [-0.4, -0.2) is 22.5 Å². The average Bonchev–Trinajstić information content (AvgIpc) is 3.30. The number of hydrogen-bond acceptors (Lipinski definition) is 5. The first-order valence-corrected chi connectivity index (χ1v) is 9.48. The Kier molecular flexibility index (Phi) is 4.60. The van der Waals surface area contributed by atoms with E-state index in [1.54, 1.807) is 23.7 Å². The Morgan fingerprint density at radius 3 is 2.36 bits per heavy atom. The molecule has 1 saturated heterocycles. The van der Waals surface area contributed by atoms with E-state index in [1.165, 1.54) is 28.4 Å². The van der Waals surface area contributed by atoms with E-state index in [4.69, 9.17) is 0 Å². The lowest BCUT2D eigenvalue weighted by atomic mass is 9.86. The van der Waals surface area contributed by atoms with Crippen LogP contribution in [0.25, 0.3) is 0 Å². The molecule has 4 rings (SSSR count). The van der Waals surface area contributed by atoms with Crippen LogP contribution in [-0.2, 0) is 9.59 Å². The maximum absolute atomic E-state index is 13.2. The fourth-order valence-electron chi connectivity index (χ4n) is 3.37. The number of aryl methyl sites for hydroxylation is 1. The number of carbonyl (C=O) groups excluding carboxylic acids is 3. The van der Waals surface area contributed by atoms with Gasteiger partial charge in [0, 0.05) is 17.1 Å². The molecule has 0 saturated carbocycles. The van der Waals surface area contributed by atoms with E-state index < -0.39 is 35.3 Å². The largest absolute Gasteiger partial charge is 0.297 e. The van der Waals surface area contributed by atoms with Crippen LogP contribution in [0.3, 0.4) is 0 Å². The Hall–Kier alpha value is -3.19. The van der Waals surface area contributed by atoms with Crippen LogP contribution in [0, 0.1) is 18.7 Å². The van der Waals surface area contributed by atoms with Gasteiger partial charge in [0.05, 0.1) is 6.04 Å². The fraction of sp³-hybridized carbons (Fsp3) is 0.143. The molecular weight excluding hydrogens is 379 g/mol. The Morgan fingerprint density at radius 1 is 1.07 bits per heavy atom. The van der Waals surface area contributed by atoms with Crippen LogP contribution in [0.2, 0.25) is 0 Å². The molecule has 2 atom stereocenters. The lowest BCUT2D eigenvalue weighted by Crippen LogP contribution is -2.30. The van der Waals surface area contributed by atoms with Crippen LogP contribution in [0.1, 0.15) is 27.5 Å². The van der Waals surface area contributed by atoms with E-state index in [1.807, 2.05) is 19.1 Å². The topological polar surface area (TPSA) is 67.3 Å². The van der Waals surface area contributed by atoms with Crippen LogP contribution in [0.5, 0.6) is 0 Å². The summed E-state index contributed by atoms with van der Waals surface area (Å²) in [5.74, 6) is -3.76. The van der Waals surface area contributed by atoms with E-state index in [2.05, 4.69) is 4.98 Å². The summed E-state index contributed by atoms with van der Waals surface area (Å²) in [6, 6.07) is 11.5. The quantitative estimate of drug-likeness (QED) is 0.384. The smallest absolute Gasteiger partial charge is 0.293 e. The minimum Gasteiger partial charge on any atom is -0.293 e. The van der Waals surface area contributed by atoms with E-state index >= 15 is 0 Å². The van der Waals surface area contributed by atoms with Crippen molar-refractivity contribution in [1.82, 2.24) is 4.98 Å². The third-order valence-corrected chi connectivity index (χ3v) is 5.53. The van der Waals surface area contributed by atoms with Crippen LogP contribution >= 0.6 is 11.3 Å². The van der Waals surface area contributed by atoms with Gasteiger partial charge < -0.3 is 0 Å². The zero-order valence-corrected chi connectivity index (χ0v) is 15.7. The number of benzene rings is 2. The summed E-state index contributed by atoms with van der Waals surface area (Å²) < 4.78 is 13.2. The highest BCUT2D eigenvalue weighted by Gasteiger charge is 2.53. The predicted octanol–water partition coefficient (Wildman–Crippen LogP) is 3.75. The zero-order valence-electron chi connectivity index (χ0n) is 14.8. The Bertz CT molecular complexity index is 1050. The summed E-state index contributed by atoms with van der Waals surface area (Å²) in [5, 5.41) is 2.06. The molecule has 1 amide bonds. The van der Waals surface area contributed by atoms with Gasteiger partial charge >= 0.3 is 0 Å². The number of nitrogens with zero attached hydrogens (tertiary/aromatic N) is 2. The number of thiazole rings is 1. The molecule has 28 heavy (non-hydrogen) atoms. The molecule has 0 radical (unpaired) electrons. The molecule has 2 heterocycles. The van der Waals surface area contributed by atoms with Crippen molar-refractivity contribution in [3.05, 3.63) is 82.6 Å². The molecule has 1 fully saturated rings. The molecule has 2 unspecified atom stereocenters. The number of halogens is 1. The van der Waals surface area contributed by atoms with Crippen molar-refractivity contribution >= 4 is 33.9 Å². The number of ketones is 2. The monoisotopic (exact) mass is 394 g/mol. The molecule has 7 heteroatoms. The summed E-state index contributed by atoms with van der Waals surface area (Å²) in [5.41, 5.74) is 1.87. The first-order chi connectivity index (χ1) is 13.5. The maximum atomic E-state index is 13.2. The number of aromatic nitrogens is 1. The summed E-state index contributed by atoms with van der Waals surface area (Å²) in [7, 11) is 0. The molecule has 3 aromatic rings. The lowest BCUT2D eigenvalue weighted by Gasteiger charge is -2.25. The van der Waals surface area contributed by atoms with E-state index in [9.17, 15) is 18.8 Å². The molecule has 1 aliphatic rings. The summed E-state index contributed by atoms with van der Waals surface area (Å²) in [6.07, 6.45) is 1.54. The van der Waals surface area contributed by atoms with Crippen LogP contribution in [0.15, 0.2) is 60.1 Å². The van der Waals surface area contributed by atoms with Gasteiger partial charge in [0.25, 0.3) is 5.91 Å². The molecule has 1 aliphatic heterocycles. The number of Topliss-reactive ketones (excluding diaryl/α,β-unsaturated/α-hetero) is 2. The fourth-order valence-corrected chi connectivity index (χ4v) is 4.05. The van der Waals surface area contributed by atoms with E-state index in [0.717, 1.165) is 17.7 Å². The Balaban J connectivity index is 1.83. The molecule has 5 nitrogen and oxygen atoms in total. The van der Waals surface area contributed by atoms with Gasteiger partial charge in [0.15, 0.2) is 10.9 Å². The van der Waals surface area contributed by atoms with Gasteiger partial charge in [0.2, 0.25) is 5.78 Å². The molecule has 140 valence electrons. The van der Waals surface area contributed by atoms with Crippen molar-refractivity contribution in [2.24, 2.45) is 5.92 Å². The second kappa shape index (κ2) is 7.09. The molecule has 0 aliphatic carbocycles. The molecule has 2 aromatic carbocycles. The molecule has 0 spiro atoms. The normalized spacial score (nSPS) is 19.3. The number of hydrogen-bond donors (Lipinski definition) is 0. The molecular formula is C21H15FN2O3S. The van der Waals surface area contributed by atoms with Gasteiger partial charge in [-0.2, -0.15) is 0 Å². The Morgan fingerprint density at radius 2 is 1.75 bits per heavy atom. The second-order valence-corrected chi connectivity index (χ2v) is 7.43. The highest BCUT2D eigenvalue weighted by molar-refractivity contribution is 7.14. The highest BCUT2D eigenvalue weighted by Crippen LogP contribution is 2.41. The minimum atomic E-state index is -1.22. The molecule has 0 N–H and O–H groups in total. The third-order valence-electron chi connectivity index (χ3n) is 4.76. The van der Waals surface area contributed by atoms with Crippen molar-refractivity contribution in [1.29, 1.82) is 0 Å². The lowest BCUT2D eigenvalue weighted by molar-refractivity contribution is -0.135. The Labute approximate surface area is 164 Å².